The smallest absolute Gasteiger partial charge is 0.116 e. The van der Waals surface area contributed by atoms with Crippen LogP contribution in [-0.2, 0) is 5.60 Å². The van der Waals surface area contributed by atoms with Crippen LogP contribution in [0.15, 0.2) is 45.3 Å². The Hall–Kier alpha value is -0.640. The first-order valence-corrected chi connectivity index (χ1v) is 7.97. The second kappa shape index (κ2) is 4.72. The van der Waals surface area contributed by atoms with Crippen LogP contribution in [0.4, 0.5) is 0 Å². The van der Waals surface area contributed by atoms with Gasteiger partial charge in [-0.1, -0.05) is 57.3 Å². The minimum Gasteiger partial charge on any atom is -0.380 e. The van der Waals surface area contributed by atoms with E-state index >= 15 is 0 Å². The molecule has 19 heavy (non-hydrogen) atoms. The lowest BCUT2D eigenvalue weighted by Crippen LogP contribution is -2.24. The molecule has 0 spiro atoms. The van der Waals surface area contributed by atoms with Crippen LogP contribution in [0, 0.1) is 0 Å². The minimum atomic E-state index is -0.868. The van der Waals surface area contributed by atoms with Gasteiger partial charge < -0.3 is 5.11 Å². The maximum Gasteiger partial charge on any atom is 0.116 e. The van der Waals surface area contributed by atoms with E-state index in [4.69, 9.17) is 0 Å². The van der Waals surface area contributed by atoms with Crippen LogP contribution >= 0.6 is 31.9 Å². The van der Waals surface area contributed by atoms with Crippen LogP contribution < -0.4 is 0 Å². The van der Waals surface area contributed by atoms with Crippen LogP contribution in [-0.4, -0.2) is 5.11 Å². The Morgan fingerprint density at radius 3 is 1.84 bits per heavy atom. The number of aliphatic hydroxyl groups is 1. The molecule has 3 rings (SSSR count). The largest absolute Gasteiger partial charge is 0.380 e. The lowest BCUT2D eigenvalue weighted by molar-refractivity contribution is 0.0749. The number of halogens is 2. The molecule has 0 aromatic heterocycles. The molecule has 0 heterocycles. The average molecular weight is 382 g/mol. The summed E-state index contributed by atoms with van der Waals surface area (Å²) in [5, 5.41) is 11.2. The van der Waals surface area contributed by atoms with Gasteiger partial charge in [0.15, 0.2) is 0 Å². The third-order valence-electron chi connectivity index (χ3n) is 3.76. The van der Waals surface area contributed by atoms with Gasteiger partial charge in [-0.05, 0) is 52.9 Å². The van der Waals surface area contributed by atoms with Crippen LogP contribution in [0.2, 0.25) is 0 Å². The summed E-state index contributed by atoms with van der Waals surface area (Å²) in [6.45, 7) is 2.10. The Balaban J connectivity index is 2.32. The summed E-state index contributed by atoms with van der Waals surface area (Å²) in [5.74, 6) is 0. The third-order valence-corrected chi connectivity index (χ3v) is 4.74. The molecule has 0 fully saturated rings. The summed E-state index contributed by atoms with van der Waals surface area (Å²) in [4.78, 5) is 0. The van der Waals surface area contributed by atoms with Crippen molar-refractivity contribution in [3.63, 3.8) is 0 Å². The Morgan fingerprint density at radius 2 is 1.42 bits per heavy atom. The van der Waals surface area contributed by atoms with E-state index in [0.717, 1.165) is 44.0 Å². The number of hydrogen-bond acceptors (Lipinski definition) is 1. The molecule has 3 heteroatoms. The van der Waals surface area contributed by atoms with Crippen molar-refractivity contribution in [2.24, 2.45) is 0 Å². The highest BCUT2D eigenvalue weighted by atomic mass is 79.9. The van der Waals surface area contributed by atoms with E-state index in [2.05, 4.69) is 50.9 Å². The van der Waals surface area contributed by atoms with Crippen molar-refractivity contribution in [2.75, 3.05) is 0 Å². The Labute approximate surface area is 129 Å². The Kier molecular flexibility index (Phi) is 3.32. The van der Waals surface area contributed by atoms with Gasteiger partial charge in [-0.3, -0.25) is 0 Å². The maximum atomic E-state index is 11.2. The van der Waals surface area contributed by atoms with Gasteiger partial charge in [0.05, 0.1) is 0 Å². The predicted molar refractivity (Wildman–Crippen MR) is 85.2 cm³/mol. The van der Waals surface area contributed by atoms with E-state index in [1.807, 2.05) is 24.3 Å². The lowest BCUT2D eigenvalue weighted by Gasteiger charge is -2.25. The summed E-state index contributed by atoms with van der Waals surface area (Å²) in [6.07, 6.45) is 1.67. The summed E-state index contributed by atoms with van der Waals surface area (Å²) in [6, 6.07) is 12.3. The fourth-order valence-corrected chi connectivity index (χ4v) is 3.69. The van der Waals surface area contributed by atoms with Crippen LogP contribution in [0.5, 0.6) is 0 Å². The highest BCUT2D eigenvalue weighted by molar-refractivity contribution is 9.10. The van der Waals surface area contributed by atoms with E-state index in [-0.39, 0.29) is 0 Å². The van der Waals surface area contributed by atoms with E-state index in [0.29, 0.717) is 0 Å². The van der Waals surface area contributed by atoms with Crippen molar-refractivity contribution in [3.8, 4) is 11.1 Å². The van der Waals surface area contributed by atoms with Gasteiger partial charge in [0, 0.05) is 8.95 Å². The summed E-state index contributed by atoms with van der Waals surface area (Å²) in [5.41, 5.74) is 3.43. The summed E-state index contributed by atoms with van der Waals surface area (Å²) < 4.78 is 2.01. The highest BCUT2D eigenvalue weighted by Gasteiger charge is 2.40. The number of fused-ring (bicyclic) bond motifs is 3. The molecule has 2 aromatic carbocycles. The molecule has 0 aliphatic heterocycles. The minimum absolute atomic E-state index is 0.736. The fraction of sp³-hybridized carbons (Fsp3) is 0.250. The van der Waals surface area contributed by atoms with Crippen molar-refractivity contribution in [1.29, 1.82) is 0 Å². The van der Waals surface area contributed by atoms with Gasteiger partial charge in [0.2, 0.25) is 0 Å². The molecule has 2 aromatic rings. The molecule has 98 valence electrons. The fourth-order valence-electron chi connectivity index (χ4n) is 2.96. The van der Waals surface area contributed by atoms with E-state index in [1.165, 1.54) is 0 Å². The van der Waals surface area contributed by atoms with Gasteiger partial charge in [0.1, 0.15) is 5.60 Å². The van der Waals surface area contributed by atoms with Crippen LogP contribution in [0.1, 0.15) is 30.9 Å². The number of rotatable bonds is 2. The molecule has 1 N–H and O–H groups in total. The third kappa shape index (κ3) is 1.99. The zero-order valence-electron chi connectivity index (χ0n) is 10.6. The second-order valence-corrected chi connectivity index (χ2v) is 6.82. The van der Waals surface area contributed by atoms with E-state index in [9.17, 15) is 5.11 Å². The van der Waals surface area contributed by atoms with Gasteiger partial charge in [-0.15, -0.1) is 0 Å². The Bertz CT molecular complexity index is 598. The molecule has 0 amide bonds. The molecule has 0 radical (unpaired) electrons. The van der Waals surface area contributed by atoms with Crippen molar-refractivity contribution < 1.29 is 5.11 Å². The summed E-state index contributed by atoms with van der Waals surface area (Å²) >= 11 is 7.01. The molecular formula is C16H14Br2O. The molecule has 0 atom stereocenters. The predicted octanol–water partition coefficient (Wildman–Crippen LogP) is 5.23. The van der Waals surface area contributed by atoms with E-state index < -0.39 is 5.60 Å². The van der Waals surface area contributed by atoms with Crippen molar-refractivity contribution >= 4 is 31.9 Å². The summed E-state index contributed by atoms with van der Waals surface area (Å²) in [7, 11) is 0. The van der Waals surface area contributed by atoms with Crippen molar-refractivity contribution in [3.05, 3.63) is 56.5 Å². The van der Waals surface area contributed by atoms with Crippen LogP contribution in [0.25, 0.3) is 11.1 Å². The molecule has 0 unspecified atom stereocenters. The molecular weight excluding hydrogens is 368 g/mol. The SMILES string of the molecule is CCCC1(O)c2cc(Br)ccc2-c2ccc(Br)cc21. The van der Waals surface area contributed by atoms with Crippen molar-refractivity contribution in [2.45, 2.75) is 25.4 Å². The zero-order chi connectivity index (χ0) is 13.6. The molecule has 0 saturated heterocycles. The maximum absolute atomic E-state index is 11.2. The average Bonchev–Trinajstić information content (AvgIpc) is 2.60. The van der Waals surface area contributed by atoms with Crippen molar-refractivity contribution in [1.82, 2.24) is 0 Å². The topological polar surface area (TPSA) is 20.2 Å². The number of benzene rings is 2. The van der Waals surface area contributed by atoms with Gasteiger partial charge in [-0.25, -0.2) is 0 Å². The molecule has 0 saturated carbocycles. The van der Waals surface area contributed by atoms with Crippen LogP contribution in [0.3, 0.4) is 0 Å². The normalized spacial score (nSPS) is 15.2. The monoisotopic (exact) mass is 380 g/mol. The quantitative estimate of drug-likeness (QED) is 0.755. The first kappa shape index (κ1) is 13.3. The molecule has 1 aliphatic carbocycles. The molecule has 0 bridgehead atoms. The first-order chi connectivity index (χ1) is 9.06. The van der Waals surface area contributed by atoms with E-state index in [1.54, 1.807) is 0 Å². The van der Waals surface area contributed by atoms with Gasteiger partial charge in [-0.2, -0.15) is 0 Å². The standard InChI is InChI=1S/C16H14Br2O/c1-2-7-16(19)14-8-10(17)3-5-12(14)13-6-4-11(18)9-15(13)16/h3-6,8-9,19H,2,7H2,1H3. The molecule has 1 aliphatic rings. The first-order valence-electron chi connectivity index (χ1n) is 6.39. The Morgan fingerprint density at radius 1 is 0.947 bits per heavy atom. The zero-order valence-corrected chi connectivity index (χ0v) is 13.8. The lowest BCUT2D eigenvalue weighted by atomic mass is 9.87. The van der Waals surface area contributed by atoms with Gasteiger partial charge >= 0.3 is 0 Å². The highest BCUT2D eigenvalue weighted by Crippen LogP contribution is 2.50. The van der Waals surface area contributed by atoms with Gasteiger partial charge in [0.25, 0.3) is 0 Å². The second-order valence-electron chi connectivity index (χ2n) is 4.99. The number of hydrogen-bond donors (Lipinski definition) is 1. The molecule has 1 nitrogen and oxygen atoms in total.